The molecule has 2 aliphatic rings. The van der Waals surface area contributed by atoms with Crippen LogP contribution in [0.25, 0.3) is 33.8 Å². The number of morpholine rings is 1. The van der Waals surface area contributed by atoms with Crippen LogP contribution < -0.4 is 10.7 Å². The second kappa shape index (κ2) is 11.8. The number of hydrogen-bond donors (Lipinski definition) is 1. The molecule has 1 N–H and O–H groups in total. The maximum Gasteiger partial charge on any atom is 0.439 e. The maximum absolute atomic E-state index is 11.8. The molecule has 218 valence electrons. The minimum atomic E-state index is -0.611. The third kappa shape index (κ3) is 5.54. The molecule has 1 saturated carbocycles. The van der Waals surface area contributed by atoms with Crippen molar-refractivity contribution in [1.82, 2.24) is 29.7 Å². The van der Waals surface area contributed by atoms with E-state index in [1.54, 1.807) is 0 Å². The lowest BCUT2D eigenvalue weighted by Gasteiger charge is -2.42. The Kier molecular flexibility index (Phi) is 7.92. The summed E-state index contributed by atoms with van der Waals surface area (Å²) in [5, 5.41) is 3.94. The Morgan fingerprint density at radius 2 is 1.93 bits per heavy atom. The van der Waals surface area contributed by atoms with Crippen LogP contribution in [0.3, 0.4) is 0 Å². The van der Waals surface area contributed by atoms with Gasteiger partial charge in [-0.15, -0.1) is 0 Å². The van der Waals surface area contributed by atoms with Crippen LogP contribution in [0.1, 0.15) is 71.3 Å². The number of H-pyrrole nitrogens is 1. The van der Waals surface area contributed by atoms with Crippen molar-refractivity contribution in [2.24, 2.45) is 11.8 Å². The quantitative estimate of drug-likeness (QED) is 0.290. The van der Waals surface area contributed by atoms with Gasteiger partial charge in [0.15, 0.2) is 0 Å². The SMILES string of the molecule is CCCC1C(CC)OCCN1c1nc2cc(-c3noc(=O)[nH]3)nc(-c3cncc(C)c3)c2n1CC1CCC(C)CC1. The number of hydrogen-bond acceptors (Lipinski definition) is 8. The highest BCUT2D eigenvalue weighted by Crippen LogP contribution is 2.38. The maximum atomic E-state index is 11.8. The predicted octanol–water partition coefficient (Wildman–Crippen LogP) is 5.76. The van der Waals surface area contributed by atoms with E-state index in [1.807, 2.05) is 25.4 Å². The van der Waals surface area contributed by atoms with E-state index >= 15 is 0 Å². The Morgan fingerprint density at radius 1 is 1.10 bits per heavy atom. The van der Waals surface area contributed by atoms with Gasteiger partial charge in [0.05, 0.1) is 35.5 Å². The topological polar surface area (TPSA) is 115 Å². The molecule has 2 unspecified atom stereocenters. The molecule has 1 aliphatic heterocycles. The summed E-state index contributed by atoms with van der Waals surface area (Å²) in [6, 6.07) is 4.28. The zero-order valence-corrected chi connectivity index (χ0v) is 24.6. The summed E-state index contributed by atoms with van der Waals surface area (Å²) in [5.74, 6) is 2.02. The van der Waals surface area contributed by atoms with Crippen molar-refractivity contribution in [2.75, 3.05) is 18.1 Å². The van der Waals surface area contributed by atoms with Crippen LogP contribution in [0.5, 0.6) is 0 Å². The average molecular weight is 560 g/mol. The highest BCUT2D eigenvalue weighted by molar-refractivity contribution is 5.94. The summed E-state index contributed by atoms with van der Waals surface area (Å²) in [6.45, 7) is 11.2. The standard InChI is InChI=1S/C31H41N7O3/c1-5-7-25-26(6-2)40-13-12-37(25)30-34-23-15-24(29-35-31(39)41-36-29)33-27(22-14-20(4)16-32-17-22)28(23)38(30)18-21-10-8-19(3)9-11-21/h14-17,19,21,25-26H,5-13,18H2,1-4H3,(H,35,36,39). The fourth-order valence-electron chi connectivity index (χ4n) is 6.71. The summed E-state index contributed by atoms with van der Waals surface area (Å²) in [4.78, 5) is 31.9. The molecule has 2 fully saturated rings. The van der Waals surface area contributed by atoms with Crippen molar-refractivity contribution in [3.05, 3.63) is 40.6 Å². The lowest BCUT2D eigenvalue weighted by atomic mass is 9.83. The number of aromatic nitrogens is 6. The molecule has 0 aromatic carbocycles. The van der Waals surface area contributed by atoms with Gasteiger partial charge in [0.1, 0.15) is 5.69 Å². The van der Waals surface area contributed by atoms with E-state index in [0.29, 0.717) is 18.2 Å². The molecular formula is C31H41N7O3. The van der Waals surface area contributed by atoms with Crippen LogP contribution in [-0.4, -0.2) is 55.0 Å². The Bertz CT molecular complexity index is 1550. The number of imidazole rings is 1. The highest BCUT2D eigenvalue weighted by atomic mass is 16.5. The lowest BCUT2D eigenvalue weighted by molar-refractivity contribution is 0.00601. The van der Waals surface area contributed by atoms with Gasteiger partial charge in [0.2, 0.25) is 11.8 Å². The summed E-state index contributed by atoms with van der Waals surface area (Å²) < 4.78 is 13.5. The zero-order valence-electron chi connectivity index (χ0n) is 24.6. The molecule has 1 aliphatic carbocycles. The first-order valence-electron chi connectivity index (χ1n) is 15.2. The molecule has 0 amide bonds. The number of aryl methyl sites for hydroxylation is 1. The van der Waals surface area contributed by atoms with Gasteiger partial charge in [-0.3, -0.25) is 14.5 Å². The zero-order chi connectivity index (χ0) is 28.5. The molecule has 4 aromatic rings. The van der Waals surface area contributed by atoms with E-state index in [1.165, 1.54) is 25.7 Å². The first-order chi connectivity index (χ1) is 19.9. The normalized spacial score (nSPS) is 23.4. The molecule has 2 atom stereocenters. The van der Waals surface area contributed by atoms with E-state index in [0.717, 1.165) is 72.1 Å². The first kappa shape index (κ1) is 27.6. The van der Waals surface area contributed by atoms with E-state index < -0.39 is 5.76 Å². The summed E-state index contributed by atoms with van der Waals surface area (Å²) >= 11 is 0. The average Bonchev–Trinajstić information content (AvgIpc) is 3.57. The van der Waals surface area contributed by atoms with Crippen LogP contribution in [0, 0.1) is 18.8 Å². The van der Waals surface area contributed by atoms with Gasteiger partial charge in [-0.05, 0) is 62.1 Å². The molecule has 4 aromatic heterocycles. The molecule has 10 heteroatoms. The monoisotopic (exact) mass is 559 g/mol. The third-order valence-corrected chi connectivity index (χ3v) is 8.85. The van der Waals surface area contributed by atoms with Crippen LogP contribution in [0.15, 0.2) is 33.8 Å². The van der Waals surface area contributed by atoms with E-state index in [4.69, 9.17) is 19.2 Å². The number of nitrogens with one attached hydrogen (secondary N) is 1. The van der Waals surface area contributed by atoms with Crippen molar-refractivity contribution in [3.8, 4) is 22.8 Å². The van der Waals surface area contributed by atoms with Crippen molar-refractivity contribution < 1.29 is 9.26 Å². The van der Waals surface area contributed by atoms with Gasteiger partial charge < -0.3 is 14.2 Å². The molecule has 41 heavy (non-hydrogen) atoms. The van der Waals surface area contributed by atoms with Gasteiger partial charge in [-0.1, -0.05) is 45.2 Å². The van der Waals surface area contributed by atoms with Crippen LogP contribution >= 0.6 is 0 Å². The number of nitrogens with zero attached hydrogens (tertiary/aromatic N) is 6. The van der Waals surface area contributed by atoms with E-state index in [-0.39, 0.29) is 18.0 Å². The second-order valence-corrected chi connectivity index (χ2v) is 11.9. The van der Waals surface area contributed by atoms with Gasteiger partial charge in [0, 0.05) is 31.0 Å². The summed E-state index contributed by atoms with van der Waals surface area (Å²) in [5.41, 5.74) is 5.08. The van der Waals surface area contributed by atoms with Crippen molar-refractivity contribution in [1.29, 1.82) is 0 Å². The molecule has 5 heterocycles. The number of anilines is 1. The van der Waals surface area contributed by atoms with Gasteiger partial charge in [0.25, 0.3) is 0 Å². The van der Waals surface area contributed by atoms with Crippen LogP contribution in [0.2, 0.25) is 0 Å². The summed E-state index contributed by atoms with van der Waals surface area (Å²) in [7, 11) is 0. The number of rotatable bonds is 8. The van der Waals surface area contributed by atoms with Gasteiger partial charge in [-0.25, -0.2) is 14.8 Å². The Balaban J connectivity index is 1.58. The smallest absolute Gasteiger partial charge is 0.374 e. The minimum Gasteiger partial charge on any atom is -0.374 e. The number of aromatic amines is 1. The third-order valence-electron chi connectivity index (χ3n) is 8.85. The summed E-state index contributed by atoms with van der Waals surface area (Å²) in [6.07, 6.45) is 11.9. The fraction of sp³-hybridized carbons (Fsp3) is 0.581. The largest absolute Gasteiger partial charge is 0.439 e. The molecule has 0 bridgehead atoms. The van der Waals surface area contributed by atoms with E-state index in [9.17, 15) is 4.79 Å². The molecule has 0 spiro atoms. The minimum absolute atomic E-state index is 0.168. The highest BCUT2D eigenvalue weighted by Gasteiger charge is 2.35. The van der Waals surface area contributed by atoms with E-state index in [2.05, 4.69) is 51.4 Å². The van der Waals surface area contributed by atoms with Gasteiger partial charge in [-0.2, -0.15) is 0 Å². The van der Waals surface area contributed by atoms with Crippen molar-refractivity contribution in [3.63, 3.8) is 0 Å². The van der Waals surface area contributed by atoms with Crippen molar-refractivity contribution >= 4 is 17.0 Å². The molecule has 1 saturated heterocycles. The number of fused-ring (bicyclic) bond motifs is 1. The van der Waals surface area contributed by atoms with Crippen molar-refractivity contribution in [2.45, 2.75) is 91.3 Å². The molecule has 10 nitrogen and oxygen atoms in total. The van der Waals surface area contributed by atoms with Crippen LogP contribution in [-0.2, 0) is 11.3 Å². The second-order valence-electron chi connectivity index (χ2n) is 11.9. The van der Waals surface area contributed by atoms with Crippen LogP contribution in [0.4, 0.5) is 5.95 Å². The molecule has 6 rings (SSSR count). The first-order valence-corrected chi connectivity index (χ1v) is 15.2. The van der Waals surface area contributed by atoms with Gasteiger partial charge >= 0.3 is 5.76 Å². The molecular weight excluding hydrogens is 518 g/mol. The lowest BCUT2D eigenvalue weighted by Crippen LogP contribution is -2.52. The fourth-order valence-corrected chi connectivity index (χ4v) is 6.71. The Labute approximate surface area is 240 Å². The molecule has 0 radical (unpaired) electrons. The number of pyridine rings is 2. The number of ether oxygens (including phenoxy) is 1. The predicted molar refractivity (Wildman–Crippen MR) is 159 cm³/mol. The Morgan fingerprint density at radius 3 is 2.63 bits per heavy atom. The Hall–Kier alpha value is -3.53.